The number of hydrogen-bond donors (Lipinski definition) is 1. The molecule has 0 atom stereocenters. The van der Waals surface area contributed by atoms with Crippen LogP contribution in [0.3, 0.4) is 0 Å². The summed E-state index contributed by atoms with van der Waals surface area (Å²) in [4.78, 5) is 12.6. The van der Waals surface area contributed by atoms with Crippen molar-refractivity contribution in [3.05, 3.63) is 52.2 Å². The second-order valence-electron chi connectivity index (χ2n) is 8.88. The summed E-state index contributed by atoms with van der Waals surface area (Å²) in [5.41, 5.74) is 0.845. The predicted molar refractivity (Wildman–Crippen MR) is 112 cm³/mol. The molecule has 4 saturated carbocycles. The maximum Gasteiger partial charge on any atom is 0.244 e. The fraction of sp³-hybridized carbons (Fsp3) is 0.435. The Morgan fingerprint density at radius 1 is 1.00 bits per heavy atom. The molecule has 0 unspecified atom stereocenters. The van der Waals surface area contributed by atoms with E-state index in [1.165, 1.54) is 19.3 Å². The first-order chi connectivity index (χ1) is 13.5. The third kappa shape index (κ3) is 3.62. The van der Waals surface area contributed by atoms with Crippen LogP contribution in [-0.2, 0) is 4.79 Å². The van der Waals surface area contributed by atoms with Crippen molar-refractivity contribution in [1.29, 1.82) is 0 Å². The number of amides is 1. The molecule has 1 N–H and O–H groups in total. The van der Waals surface area contributed by atoms with Gasteiger partial charge in [0.05, 0.1) is 0 Å². The van der Waals surface area contributed by atoms with Crippen molar-refractivity contribution in [2.24, 2.45) is 17.8 Å². The van der Waals surface area contributed by atoms with Crippen LogP contribution in [-0.4, -0.2) is 11.4 Å². The van der Waals surface area contributed by atoms with Gasteiger partial charge in [-0.05, 0) is 92.7 Å². The lowest BCUT2D eigenvalue weighted by molar-refractivity contribution is -0.122. The van der Waals surface area contributed by atoms with E-state index in [1.54, 1.807) is 30.4 Å². The highest BCUT2D eigenvalue weighted by Gasteiger charge is 2.51. The van der Waals surface area contributed by atoms with Gasteiger partial charge in [0.25, 0.3) is 0 Å². The lowest BCUT2D eigenvalue weighted by Crippen LogP contribution is -2.59. The number of halogens is 2. The summed E-state index contributed by atoms with van der Waals surface area (Å²) in [5, 5.41) is 4.47. The van der Waals surface area contributed by atoms with E-state index in [0.29, 0.717) is 21.6 Å². The van der Waals surface area contributed by atoms with Crippen LogP contribution in [0.1, 0.15) is 44.3 Å². The van der Waals surface area contributed by atoms with Crippen LogP contribution in [0, 0.1) is 17.8 Å². The average molecular weight is 416 g/mol. The van der Waals surface area contributed by atoms with Crippen LogP contribution >= 0.6 is 23.2 Å². The fourth-order valence-corrected chi connectivity index (χ4v) is 6.54. The van der Waals surface area contributed by atoms with Gasteiger partial charge in [0.15, 0.2) is 0 Å². The van der Waals surface area contributed by atoms with Crippen LogP contribution in [0.2, 0.25) is 10.0 Å². The Bertz CT molecular complexity index is 890. The molecule has 0 saturated heterocycles. The normalized spacial score (nSPS) is 30.9. The molecule has 4 fully saturated rings. The van der Waals surface area contributed by atoms with Crippen LogP contribution in [0.25, 0.3) is 17.4 Å². The zero-order valence-corrected chi connectivity index (χ0v) is 17.1. The lowest BCUT2D eigenvalue weighted by Gasteiger charge is -2.56. The van der Waals surface area contributed by atoms with E-state index >= 15 is 0 Å². The van der Waals surface area contributed by atoms with Crippen LogP contribution in [0.5, 0.6) is 0 Å². The van der Waals surface area contributed by atoms with E-state index in [2.05, 4.69) is 5.32 Å². The van der Waals surface area contributed by atoms with E-state index in [-0.39, 0.29) is 11.4 Å². The lowest BCUT2D eigenvalue weighted by atomic mass is 9.53. The number of carbonyl (C=O) groups excluding carboxylic acids is 1. The second kappa shape index (κ2) is 6.96. The van der Waals surface area contributed by atoms with Crippen molar-refractivity contribution in [2.75, 3.05) is 0 Å². The first-order valence-corrected chi connectivity index (χ1v) is 10.8. The van der Waals surface area contributed by atoms with Crippen molar-refractivity contribution in [3.63, 3.8) is 0 Å². The minimum atomic E-state index is -0.0225. The molecule has 1 amide bonds. The highest BCUT2D eigenvalue weighted by molar-refractivity contribution is 6.35. The summed E-state index contributed by atoms with van der Waals surface area (Å²) in [5.74, 6) is 3.72. The Labute approximate surface area is 175 Å². The number of furan rings is 1. The molecular weight excluding hydrogens is 393 g/mol. The molecule has 0 radical (unpaired) electrons. The fourth-order valence-electron chi connectivity index (χ4n) is 6.02. The van der Waals surface area contributed by atoms with Crippen molar-refractivity contribution in [2.45, 2.75) is 44.1 Å². The molecule has 1 aromatic heterocycles. The molecule has 4 aliphatic rings. The van der Waals surface area contributed by atoms with Gasteiger partial charge in [-0.15, -0.1) is 0 Å². The maximum absolute atomic E-state index is 12.6. The Morgan fingerprint density at radius 2 is 1.61 bits per heavy atom. The molecular formula is C23H23Cl2NO2. The maximum atomic E-state index is 12.6. The van der Waals surface area contributed by atoms with Gasteiger partial charge in [-0.2, -0.15) is 0 Å². The van der Waals surface area contributed by atoms with E-state index in [4.69, 9.17) is 27.6 Å². The number of benzene rings is 1. The predicted octanol–water partition coefficient (Wildman–Crippen LogP) is 6.35. The SMILES string of the molecule is O=C(C=Cc1ccc(-c2cc(Cl)cc(Cl)c2)o1)NC12CC3CC(CC(C3)C1)C2. The first-order valence-electron chi connectivity index (χ1n) is 10.0. The monoisotopic (exact) mass is 415 g/mol. The van der Waals surface area contributed by atoms with E-state index in [0.717, 1.165) is 42.6 Å². The smallest absolute Gasteiger partial charge is 0.244 e. The molecule has 4 bridgehead atoms. The minimum Gasteiger partial charge on any atom is -0.457 e. The van der Waals surface area contributed by atoms with Gasteiger partial charge in [-0.1, -0.05) is 23.2 Å². The Balaban J connectivity index is 1.27. The Hall–Kier alpha value is -1.71. The quantitative estimate of drug-likeness (QED) is 0.590. The van der Waals surface area contributed by atoms with Crippen LogP contribution in [0.15, 0.2) is 40.8 Å². The molecule has 5 heteroatoms. The van der Waals surface area contributed by atoms with Crippen LogP contribution in [0.4, 0.5) is 0 Å². The molecule has 28 heavy (non-hydrogen) atoms. The minimum absolute atomic E-state index is 0.0225. The van der Waals surface area contributed by atoms with E-state index in [1.807, 2.05) is 12.1 Å². The van der Waals surface area contributed by atoms with Crippen molar-refractivity contribution < 1.29 is 9.21 Å². The summed E-state index contributed by atoms with van der Waals surface area (Å²) in [6.07, 6.45) is 10.9. The standard InChI is InChI=1S/C23H23Cl2NO2/c24-18-8-17(9-19(25)10-18)21-3-1-20(28-21)2-4-22(27)26-23-11-14-5-15(12-23)7-16(6-14)13-23/h1-4,8-10,14-16H,5-7,11-13H2,(H,26,27). The van der Waals surface area contributed by atoms with Gasteiger partial charge in [-0.3, -0.25) is 4.79 Å². The number of nitrogens with one attached hydrogen (secondary N) is 1. The van der Waals surface area contributed by atoms with Crippen molar-refractivity contribution in [3.8, 4) is 11.3 Å². The van der Waals surface area contributed by atoms with E-state index in [9.17, 15) is 4.79 Å². The number of rotatable bonds is 4. The summed E-state index contributed by atoms with van der Waals surface area (Å²) < 4.78 is 5.84. The topological polar surface area (TPSA) is 42.2 Å². The Kier molecular flexibility index (Phi) is 4.56. The highest BCUT2D eigenvalue weighted by atomic mass is 35.5. The van der Waals surface area contributed by atoms with Gasteiger partial charge in [0.1, 0.15) is 11.5 Å². The Morgan fingerprint density at radius 3 is 2.21 bits per heavy atom. The molecule has 6 rings (SSSR count). The molecule has 1 aromatic carbocycles. The molecule has 2 aromatic rings. The van der Waals surface area contributed by atoms with Crippen molar-refractivity contribution >= 4 is 35.2 Å². The third-order valence-electron chi connectivity index (χ3n) is 6.60. The zero-order chi connectivity index (χ0) is 19.3. The molecule has 0 aliphatic heterocycles. The van der Waals surface area contributed by atoms with E-state index < -0.39 is 0 Å². The van der Waals surface area contributed by atoms with Crippen LogP contribution < -0.4 is 5.32 Å². The molecule has 0 spiro atoms. The molecule has 4 aliphatic carbocycles. The summed E-state index contributed by atoms with van der Waals surface area (Å²) in [7, 11) is 0. The summed E-state index contributed by atoms with van der Waals surface area (Å²) >= 11 is 12.1. The van der Waals surface area contributed by atoms with Gasteiger partial charge < -0.3 is 9.73 Å². The molecule has 1 heterocycles. The largest absolute Gasteiger partial charge is 0.457 e. The van der Waals surface area contributed by atoms with Gasteiger partial charge in [-0.25, -0.2) is 0 Å². The van der Waals surface area contributed by atoms with Gasteiger partial charge in [0, 0.05) is 27.2 Å². The average Bonchev–Trinajstić information content (AvgIpc) is 3.06. The van der Waals surface area contributed by atoms with Gasteiger partial charge in [0.2, 0.25) is 5.91 Å². The molecule has 3 nitrogen and oxygen atoms in total. The zero-order valence-electron chi connectivity index (χ0n) is 15.6. The summed E-state index contributed by atoms with van der Waals surface area (Å²) in [6.45, 7) is 0. The first kappa shape index (κ1) is 18.3. The molecule has 146 valence electrons. The second-order valence-corrected chi connectivity index (χ2v) is 9.75. The summed E-state index contributed by atoms with van der Waals surface area (Å²) in [6, 6.07) is 9.00. The van der Waals surface area contributed by atoms with Gasteiger partial charge >= 0.3 is 0 Å². The third-order valence-corrected chi connectivity index (χ3v) is 7.04. The van der Waals surface area contributed by atoms with Crippen molar-refractivity contribution in [1.82, 2.24) is 5.32 Å². The highest BCUT2D eigenvalue weighted by Crippen LogP contribution is 2.55. The number of carbonyl (C=O) groups is 1. The number of hydrogen-bond acceptors (Lipinski definition) is 2.